The summed E-state index contributed by atoms with van der Waals surface area (Å²) in [6.07, 6.45) is 5.86. The molecule has 1 aliphatic heterocycles. The zero-order valence-corrected chi connectivity index (χ0v) is 13.3. The van der Waals surface area contributed by atoms with Crippen LogP contribution in [-0.2, 0) is 0 Å². The number of nitrogens with two attached hydrogens (primary N) is 1. The quantitative estimate of drug-likeness (QED) is 0.392. The fourth-order valence-electron chi connectivity index (χ4n) is 3.55. The summed E-state index contributed by atoms with van der Waals surface area (Å²) >= 11 is 0. The Kier molecular flexibility index (Phi) is 4.37. The second-order valence-electron chi connectivity index (χ2n) is 6.20. The van der Waals surface area contributed by atoms with E-state index in [0.717, 1.165) is 42.1 Å². The Balaban J connectivity index is 1.71. The second kappa shape index (κ2) is 6.25. The highest BCUT2D eigenvalue weighted by atomic mass is 31.0. The minimum Gasteiger partial charge on any atom is -0.398 e. The Hall–Kier alpha value is -1.25. The highest BCUT2D eigenvalue weighted by Crippen LogP contribution is 2.34. The third kappa shape index (κ3) is 3.17. The van der Waals surface area contributed by atoms with Gasteiger partial charge in [-0.3, -0.25) is 0 Å². The van der Waals surface area contributed by atoms with Gasteiger partial charge in [-0.25, -0.2) is 0 Å². The lowest BCUT2D eigenvalue weighted by atomic mass is 9.98. The molecule has 4 nitrogen and oxygen atoms in total. The van der Waals surface area contributed by atoms with Gasteiger partial charge in [0.1, 0.15) is 0 Å². The maximum Gasteiger partial charge on any atom is 0.0891 e. The molecule has 1 aliphatic carbocycles. The van der Waals surface area contributed by atoms with Crippen LogP contribution in [-0.4, -0.2) is 31.1 Å². The van der Waals surface area contributed by atoms with Crippen molar-refractivity contribution in [2.45, 2.75) is 12.3 Å². The van der Waals surface area contributed by atoms with E-state index in [0.29, 0.717) is 12.5 Å². The van der Waals surface area contributed by atoms with Crippen molar-refractivity contribution in [2.75, 3.05) is 31.9 Å². The molecule has 1 saturated heterocycles. The van der Waals surface area contributed by atoms with Crippen LogP contribution in [0.4, 0.5) is 5.69 Å². The summed E-state index contributed by atoms with van der Waals surface area (Å²) in [4.78, 5) is 13.3. The summed E-state index contributed by atoms with van der Waals surface area (Å²) in [7, 11) is 2.65. The van der Waals surface area contributed by atoms with Gasteiger partial charge in [0.2, 0.25) is 0 Å². The molecule has 4 atom stereocenters. The lowest BCUT2D eigenvalue weighted by Crippen LogP contribution is -2.28. The third-order valence-corrected chi connectivity index (χ3v) is 5.25. The fraction of sp³-hybridized carbons (Fsp3) is 0.500. The van der Waals surface area contributed by atoms with E-state index < -0.39 is 0 Å². The van der Waals surface area contributed by atoms with Crippen molar-refractivity contribution in [2.24, 2.45) is 17.0 Å². The van der Waals surface area contributed by atoms with Crippen molar-refractivity contribution >= 4 is 20.2 Å². The molecule has 5 heteroatoms. The summed E-state index contributed by atoms with van der Waals surface area (Å²) in [5.74, 6) is 1.64. The average molecular weight is 303 g/mol. The van der Waals surface area contributed by atoms with Gasteiger partial charge in [0, 0.05) is 31.2 Å². The fourth-order valence-corrected chi connectivity index (χ4v) is 3.84. The Labute approximate surface area is 128 Å². The lowest BCUT2D eigenvalue weighted by molar-refractivity contribution is 0.301. The van der Waals surface area contributed by atoms with Crippen molar-refractivity contribution in [1.82, 2.24) is 4.90 Å². The molecule has 0 bridgehead atoms. The molecule has 21 heavy (non-hydrogen) atoms. The maximum atomic E-state index is 10.8. The van der Waals surface area contributed by atoms with Crippen molar-refractivity contribution in [3.63, 3.8) is 0 Å². The van der Waals surface area contributed by atoms with Gasteiger partial charge in [0.25, 0.3) is 0 Å². The number of allylic oxidation sites excluding steroid dienone is 1. The molecule has 1 aromatic carbocycles. The summed E-state index contributed by atoms with van der Waals surface area (Å²) in [6.45, 7) is 3.48. The first-order chi connectivity index (χ1) is 10.2. The van der Waals surface area contributed by atoms with Gasteiger partial charge in [0.05, 0.1) is 6.54 Å². The summed E-state index contributed by atoms with van der Waals surface area (Å²) < 4.78 is 0. The van der Waals surface area contributed by atoms with E-state index in [1.54, 1.807) is 0 Å². The van der Waals surface area contributed by atoms with Gasteiger partial charge in [-0.05, 0) is 41.3 Å². The van der Waals surface area contributed by atoms with Crippen LogP contribution in [0, 0.1) is 16.7 Å². The first-order valence-electron chi connectivity index (χ1n) is 7.50. The Morgan fingerprint density at radius 3 is 3.00 bits per heavy atom. The Morgan fingerprint density at radius 1 is 1.43 bits per heavy atom. The molecule has 1 aromatic rings. The molecule has 1 heterocycles. The molecule has 112 valence electrons. The minimum absolute atomic E-state index is 0.158. The predicted molar refractivity (Wildman–Crippen MR) is 90.8 cm³/mol. The van der Waals surface area contributed by atoms with Gasteiger partial charge in [-0.2, -0.15) is 4.91 Å². The van der Waals surface area contributed by atoms with Crippen LogP contribution in [0.15, 0.2) is 35.5 Å². The van der Waals surface area contributed by atoms with Gasteiger partial charge < -0.3 is 10.6 Å². The number of hydrogen-bond donors (Lipinski definition) is 1. The molecule has 2 N–H and O–H groups in total. The summed E-state index contributed by atoms with van der Waals surface area (Å²) in [5.41, 5.74) is 7.78. The van der Waals surface area contributed by atoms with Crippen molar-refractivity contribution in [3.8, 4) is 0 Å². The molecule has 2 aliphatic rings. The lowest BCUT2D eigenvalue weighted by Gasteiger charge is -2.23. The second-order valence-corrected chi connectivity index (χ2v) is 6.83. The number of benzene rings is 1. The molecule has 0 spiro atoms. The zero-order valence-electron chi connectivity index (χ0n) is 12.1. The van der Waals surface area contributed by atoms with Crippen LogP contribution < -0.4 is 11.0 Å². The molecular formula is C16H22N3OP. The Bertz CT molecular complexity index is 560. The standard InChI is InChI=1S/C16H22N3OP/c17-15-5-4-11(6-16(15)21)14(7-18-20)10-19-8-12-2-1-3-13(12)9-19/h1-2,4-6,12-14H,3,7-10,17,21H2. The number of nitroso groups, excluding NO2 is 1. The number of nitrogens with zero attached hydrogens (tertiary/aromatic N) is 2. The number of nitrogen functional groups attached to an aromatic ring is 1. The molecule has 0 saturated carbocycles. The van der Waals surface area contributed by atoms with Crippen LogP contribution in [0.25, 0.3) is 0 Å². The van der Waals surface area contributed by atoms with Crippen molar-refractivity contribution < 1.29 is 0 Å². The molecule has 0 radical (unpaired) electrons. The summed E-state index contributed by atoms with van der Waals surface area (Å²) in [5, 5.41) is 4.14. The number of fused-ring (bicyclic) bond motifs is 1. The minimum atomic E-state index is 0.158. The van der Waals surface area contributed by atoms with Crippen LogP contribution in [0.2, 0.25) is 0 Å². The molecule has 4 unspecified atom stereocenters. The largest absolute Gasteiger partial charge is 0.398 e. The van der Waals surface area contributed by atoms with Crippen LogP contribution >= 0.6 is 9.24 Å². The highest BCUT2D eigenvalue weighted by Gasteiger charge is 2.34. The molecule has 1 fully saturated rings. The Morgan fingerprint density at radius 2 is 2.29 bits per heavy atom. The smallest absolute Gasteiger partial charge is 0.0891 e. The molecule has 3 rings (SSSR count). The highest BCUT2D eigenvalue weighted by molar-refractivity contribution is 7.28. The van der Waals surface area contributed by atoms with E-state index >= 15 is 0 Å². The topological polar surface area (TPSA) is 58.7 Å². The predicted octanol–water partition coefficient (Wildman–Crippen LogP) is 2.13. The van der Waals surface area contributed by atoms with Gasteiger partial charge >= 0.3 is 0 Å². The SMILES string of the molecule is Nc1ccc(C(CN=O)CN2CC3C=CCC3C2)cc1P. The van der Waals surface area contributed by atoms with Gasteiger partial charge in [0.15, 0.2) is 0 Å². The van der Waals surface area contributed by atoms with E-state index in [1.807, 2.05) is 12.1 Å². The van der Waals surface area contributed by atoms with Crippen LogP contribution in [0.1, 0.15) is 17.9 Å². The zero-order chi connectivity index (χ0) is 14.8. The average Bonchev–Trinajstić information content (AvgIpc) is 3.02. The van der Waals surface area contributed by atoms with Crippen LogP contribution in [0.5, 0.6) is 0 Å². The number of hydrogen-bond acceptors (Lipinski definition) is 4. The van der Waals surface area contributed by atoms with Crippen LogP contribution in [0.3, 0.4) is 0 Å². The molecule has 0 aromatic heterocycles. The van der Waals surface area contributed by atoms with E-state index in [2.05, 4.69) is 37.5 Å². The monoisotopic (exact) mass is 303 g/mol. The normalized spacial score (nSPS) is 26.0. The number of rotatable bonds is 5. The van der Waals surface area contributed by atoms with E-state index in [1.165, 1.54) is 6.42 Å². The first kappa shape index (κ1) is 14.7. The summed E-state index contributed by atoms with van der Waals surface area (Å²) in [6, 6.07) is 6.00. The van der Waals surface area contributed by atoms with E-state index in [4.69, 9.17) is 5.73 Å². The van der Waals surface area contributed by atoms with Gasteiger partial charge in [-0.15, -0.1) is 9.24 Å². The van der Waals surface area contributed by atoms with E-state index in [-0.39, 0.29) is 5.92 Å². The molecular weight excluding hydrogens is 281 g/mol. The van der Waals surface area contributed by atoms with Gasteiger partial charge in [-0.1, -0.05) is 23.4 Å². The number of anilines is 1. The van der Waals surface area contributed by atoms with E-state index in [9.17, 15) is 4.91 Å². The number of likely N-dealkylation sites (tertiary alicyclic amines) is 1. The maximum absolute atomic E-state index is 10.8. The van der Waals surface area contributed by atoms with Crippen molar-refractivity contribution in [3.05, 3.63) is 40.8 Å². The first-order valence-corrected chi connectivity index (χ1v) is 8.08. The molecule has 0 amide bonds. The third-order valence-electron chi connectivity index (χ3n) is 4.75. The van der Waals surface area contributed by atoms with Crippen molar-refractivity contribution in [1.29, 1.82) is 0 Å².